The molecule has 0 aliphatic heterocycles. The van der Waals surface area contributed by atoms with Crippen molar-refractivity contribution in [2.24, 2.45) is 0 Å². The van der Waals surface area contributed by atoms with Gasteiger partial charge in [0.1, 0.15) is 0 Å². The van der Waals surface area contributed by atoms with Crippen molar-refractivity contribution in [1.29, 1.82) is 0 Å². The molecule has 4 nitrogen and oxygen atoms in total. The Morgan fingerprint density at radius 1 is 1.38 bits per heavy atom. The first-order valence-corrected chi connectivity index (χ1v) is 6.00. The normalized spacial score (nSPS) is 10.8. The molecule has 0 aliphatic rings. The van der Waals surface area contributed by atoms with Gasteiger partial charge in [0.05, 0.1) is 0 Å². The van der Waals surface area contributed by atoms with Crippen molar-refractivity contribution >= 4 is 59.2 Å². The zero-order chi connectivity index (χ0) is 11.9. The maximum atomic E-state index is 13.7. The first-order chi connectivity index (χ1) is 7.54. The van der Waals surface area contributed by atoms with Crippen LogP contribution in [0.25, 0.3) is 10.9 Å². The summed E-state index contributed by atoms with van der Waals surface area (Å²) in [6.07, 6.45) is 0. The molecule has 0 atom stereocenters. The first-order valence-electron chi connectivity index (χ1n) is 3.98. The van der Waals surface area contributed by atoms with Crippen molar-refractivity contribution in [2.75, 3.05) is 7.11 Å². The van der Waals surface area contributed by atoms with Gasteiger partial charge in [-0.2, -0.15) is 0 Å². The van der Waals surface area contributed by atoms with Crippen LogP contribution in [0, 0.1) is 5.82 Å². The predicted molar refractivity (Wildman–Crippen MR) is 61.9 cm³/mol. The number of rotatable bonds is 1. The van der Waals surface area contributed by atoms with E-state index >= 15 is 0 Å². The summed E-state index contributed by atoms with van der Waals surface area (Å²) in [6, 6.07) is 0. The van der Waals surface area contributed by atoms with Gasteiger partial charge < -0.3 is 0 Å². The van der Waals surface area contributed by atoms with Gasteiger partial charge in [-0.1, -0.05) is 0 Å². The Labute approximate surface area is 112 Å². The molecular weight excluding hydrogens is 367 g/mol. The molecule has 2 aromatic heterocycles. The maximum absolute atomic E-state index is 13.7. The van der Waals surface area contributed by atoms with Crippen molar-refractivity contribution in [1.82, 2.24) is 15.0 Å². The summed E-state index contributed by atoms with van der Waals surface area (Å²) in [5, 5.41) is 0.0999. The van der Waals surface area contributed by atoms with Gasteiger partial charge in [0.2, 0.25) is 0 Å². The molecule has 0 saturated carbocycles. The molecule has 83 valence electrons. The Kier molecular flexibility index (Phi) is 3.30. The van der Waals surface area contributed by atoms with Gasteiger partial charge in [-0.3, -0.25) is 0 Å². The molecule has 2 aromatic rings. The summed E-state index contributed by atoms with van der Waals surface area (Å²) in [5.74, 6) is -0.467. The van der Waals surface area contributed by atoms with Crippen LogP contribution >= 0.6 is 27.5 Å². The van der Waals surface area contributed by atoms with Gasteiger partial charge in [-0.15, -0.1) is 0 Å². The number of hydrogen-bond donors (Lipinski definition) is 0. The Bertz CT molecular complexity index is 583. The monoisotopic (exact) mass is 370 g/mol. The fourth-order valence-corrected chi connectivity index (χ4v) is 2.38. The number of halogens is 3. The number of aromatic nitrogens is 3. The molecule has 0 unspecified atom stereocenters. The minimum atomic E-state index is -0.697. The number of methoxy groups -OCH3 is 1. The fourth-order valence-electron chi connectivity index (χ4n) is 1.20. The van der Waals surface area contributed by atoms with Crippen LogP contribution in [-0.2, 0) is 0 Å². The van der Waals surface area contributed by atoms with Crippen molar-refractivity contribution in [2.45, 2.75) is 0 Å². The van der Waals surface area contributed by atoms with E-state index in [1.54, 1.807) is 0 Å². The number of nitrogens with zero attached hydrogens (tertiary/aromatic N) is 3. The summed E-state index contributed by atoms with van der Waals surface area (Å²) in [6.45, 7) is 0. The Morgan fingerprint density at radius 2 is 2.06 bits per heavy atom. The second-order valence-corrected chi connectivity index (χ2v) is 4.62. The molecule has 0 bridgehead atoms. The van der Waals surface area contributed by atoms with Gasteiger partial charge in [0, 0.05) is 0 Å². The van der Waals surface area contributed by atoms with Crippen molar-refractivity contribution in [3.63, 3.8) is 0 Å². The first kappa shape index (κ1) is 12.0. The molecule has 0 N–H and O–H groups in total. The van der Waals surface area contributed by atoms with Crippen LogP contribution in [0.5, 0.6) is 5.88 Å². The van der Waals surface area contributed by atoms with Crippen LogP contribution in [0.2, 0.25) is 5.15 Å². The average Bonchev–Trinajstić information content (AvgIpc) is 2.24. The van der Waals surface area contributed by atoms with Crippen molar-refractivity contribution in [3.05, 3.63) is 15.6 Å². The summed E-state index contributed by atoms with van der Waals surface area (Å²) >= 11 is 11.4. The van der Waals surface area contributed by atoms with Gasteiger partial charge in [-0.25, -0.2) is 0 Å². The van der Waals surface area contributed by atoms with E-state index in [4.69, 9.17) is 16.3 Å². The Hall–Kier alpha value is -0.491. The SMILES string of the molecule is COc1nc([Se])nc2c(F)c(Cl)nc(Br)c12. The van der Waals surface area contributed by atoms with Crippen LogP contribution in [0.1, 0.15) is 0 Å². The third-order valence-electron chi connectivity index (χ3n) is 1.84. The second-order valence-electron chi connectivity index (χ2n) is 2.75. The van der Waals surface area contributed by atoms with Crippen LogP contribution in [0.3, 0.4) is 0 Å². The van der Waals surface area contributed by atoms with Gasteiger partial charge in [0.15, 0.2) is 0 Å². The Morgan fingerprint density at radius 3 is 2.69 bits per heavy atom. The van der Waals surface area contributed by atoms with E-state index in [9.17, 15) is 4.39 Å². The van der Waals surface area contributed by atoms with Crippen LogP contribution in [-0.4, -0.2) is 38.1 Å². The van der Waals surface area contributed by atoms with E-state index in [0.717, 1.165) is 0 Å². The molecule has 0 amide bonds. The summed E-state index contributed by atoms with van der Waals surface area (Å²) in [4.78, 5) is 11.7. The fraction of sp³-hybridized carbons (Fsp3) is 0.125. The molecule has 2 rings (SSSR count). The summed E-state index contributed by atoms with van der Waals surface area (Å²) < 4.78 is 19.3. The zero-order valence-electron chi connectivity index (χ0n) is 7.79. The standard InChI is InChI=1S/C8H3BrClFN3OSe/c1-15-7-2-4(12-8(16)14-7)3(11)6(10)13-5(2)9/h1H3. The molecule has 0 fully saturated rings. The molecule has 2 heterocycles. The molecule has 0 spiro atoms. The van der Waals surface area contributed by atoms with Gasteiger partial charge in [0.25, 0.3) is 0 Å². The third kappa shape index (κ3) is 1.88. The number of hydrogen-bond acceptors (Lipinski definition) is 4. The molecule has 1 radical (unpaired) electrons. The third-order valence-corrected chi connectivity index (χ3v) is 3.05. The van der Waals surface area contributed by atoms with E-state index in [0.29, 0.717) is 9.99 Å². The van der Waals surface area contributed by atoms with Gasteiger partial charge in [-0.05, 0) is 0 Å². The molecule has 0 aromatic carbocycles. The molecule has 0 aliphatic carbocycles. The quantitative estimate of drug-likeness (QED) is 0.562. The minimum absolute atomic E-state index is 0.0625. The molecule has 0 saturated heterocycles. The number of fused-ring (bicyclic) bond motifs is 1. The van der Waals surface area contributed by atoms with Crippen LogP contribution < -0.4 is 9.46 Å². The topological polar surface area (TPSA) is 47.9 Å². The second kappa shape index (κ2) is 4.41. The number of ether oxygens (including phenoxy) is 1. The zero-order valence-corrected chi connectivity index (χ0v) is 11.8. The molecular formula is C8H3BrClFN3OSe. The predicted octanol–water partition coefficient (Wildman–Crippen LogP) is 1.38. The van der Waals surface area contributed by atoms with Crippen LogP contribution in [0.15, 0.2) is 4.60 Å². The average molecular weight is 370 g/mol. The van der Waals surface area contributed by atoms with E-state index in [1.807, 2.05) is 0 Å². The number of pyridine rings is 1. The molecule has 8 heteroatoms. The summed E-state index contributed by atoms with van der Waals surface area (Å²) in [5.41, 5.74) is 0.0625. The van der Waals surface area contributed by atoms with Crippen LogP contribution in [0.4, 0.5) is 4.39 Å². The molecule has 16 heavy (non-hydrogen) atoms. The van der Waals surface area contributed by atoms with E-state index in [2.05, 4.69) is 46.9 Å². The Balaban J connectivity index is 2.98. The van der Waals surface area contributed by atoms with Crippen molar-refractivity contribution < 1.29 is 9.13 Å². The van der Waals surface area contributed by atoms with Gasteiger partial charge >= 0.3 is 112 Å². The van der Waals surface area contributed by atoms with E-state index in [-0.39, 0.29) is 21.3 Å². The van der Waals surface area contributed by atoms with E-state index in [1.165, 1.54) is 7.11 Å². The van der Waals surface area contributed by atoms with E-state index < -0.39 is 5.82 Å². The summed E-state index contributed by atoms with van der Waals surface area (Å²) in [7, 11) is 1.43. The van der Waals surface area contributed by atoms with Crippen molar-refractivity contribution in [3.8, 4) is 5.88 Å².